The highest BCUT2D eigenvalue weighted by atomic mass is 35.5. The van der Waals surface area contributed by atoms with Gasteiger partial charge in [-0.2, -0.15) is 5.26 Å². The summed E-state index contributed by atoms with van der Waals surface area (Å²) in [6.07, 6.45) is -2.41. The van der Waals surface area contributed by atoms with E-state index in [0.717, 1.165) is 0 Å². The number of nitrogens with one attached hydrogen (secondary N) is 2. The van der Waals surface area contributed by atoms with Crippen molar-refractivity contribution in [1.82, 2.24) is 39.0 Å². The number of amides is 2. The van der Waals surface area contributed by atoms with Crippen LogP contribution in [-0.2, 0) is 47.0 Å². The molecule has 11 aromatic rings. The Bertz CT molecular complexity index is 4790. The summed E-state index contributed by atoms with van der Waals surface area (Å²) in [5.41, 5.74) is 2.27. The number of carbonyl (C=O) groups excluding carboxylic acids is 2. The predicted octanol–water partition coefficient (Wildman–Crippen LogP) is 14.2. The number of hydrogen-bond acceptors (Lipinski definition) is 22. The molecule has 26 nitrogen and oxygen atoms in total. The van der Waals surface area contributed by atoms with Gasteiger partial charge in [-0.15, -0.1) is 0 Å². The van der Waals surface area contributed by atoms with Crippen molar-refractivity contribution in [2.75, 3.05) is 44.7 Å². The number of nitriles is 1. The quantitative estimate of drug-likeness (QED) is 0.0261. The summed E-state index contributed by atoms with van der Waals surface area (Å²) in [7, 11) is -6.81. The number of hydrogen-bond donors (Lipinski definition) is 2. The molecule has 0 bridgehead atoms. The second-order valence-corrected chi connectivity index (χ2v) is 26.4. The third-order valence-electron chi connectivity index (χ3n) is 16.4. The summed E-state index contributed by atoms with van der Waals surface area (Å²) in [5, 5.41) is 15.3. The molecule has 0 saturated carbocycles. The van der Waals surface area contributed by atoms with Crippen molar-refractivity contribution in [2.24, 2.45) is 0 Å². The highest BCUT2D eigenvalue weighted by molar-refractivity contribution is 7.49. The summed E-state index contributed by atoms with van der Waals surface area (Å²) < 4.78 is 105. The SMILES string of the molecule is COc1ccc(C(OC[C@H]2O[C@@H](n3cnc4c(NC(=O)c5ccccc5)ncnc43)C[C@@H]2OP(=O)(OC[C@H]2O[C@@H](n3cnc4c(NC(=O)c5ccccc5)ncnc43)C[C@@H]2OP(=O)(OCCC#N)Oc2ccccc2Cl)Oc2ccccc2Cl)(c2ccccc2)c2ccc(OC)cc2)cc1. The van der Waals surface area contributed by atoms with Crippen LogP contribution < -0.4 is 29.2 Å². The summed E-state index contributed by atoms with van der Waals surface area (Å²) in [6, 6.07) is 55.9. The maximum atomic E-state index is 16.4. The van der Waals surface area contributed by atoms with Gasteiger partial charge in [0.2, 0.25) is 0 Å². The monoisotopic (exact) mass is 1430 g/mol. The molecule has 510 valence electrons. The van der Waals surface area contributed by atoms with Crippen molar-refractivity contribution in [3.8, 4) is 29.1 Å². The lowest BCUT2D eigenvalue weighted by Gasteiger charge is -2.37. The molecule has 13 rings (SSSR count). The van der Waals surface area contributed by atoms with Gasteiger partial charge in [0.15, 0.2) is 34.0 Å². The first-order chi connectivity index (χ1) is 48.7. The van der Waals surface area contributed by atoms with Gasteiger partial charge >= 0.3 is 15.6 Å². The minimum Gasteiger partial charge on any atom is -0.497 e. The fourth-order valence-electron chi connectivity index (χ4n) is 11.5. The molecule has 0 aliphatic carbocycles. The van der Waals surface area contributed by atoms with Gasteiger partial charge in [0, 0.05) is 24.0 Å². The maximum absolute atomic E-state index is 16.4. The molecule has 2 N–H and O–H groups in total. The van der Waals surface area contributed by atoms with Crippen LogP contribution in [0.5, 0.6) is 23.0 Å². The number of benzene rings is 7. The third-order valence-corrected chi connectivity index (χ3v) is 19.8. The number of rotatable bonds is 28. The molecule has 2 amide bonds. The Kier molecular flexibility index (Phi) is 21.0. The maximum Gasteiger partial charge on any atom is 0.530 e. The van der Waals surface area contributed by atoms with E-state index in [2.05, 4.69) is 40.5 Å². The molecule has 0 radical (unpaired) electrons. The standard InChI is InChI=1S/C70H61Cl2N11O15P2/c1-88-50-31-27-48(28-32-50)70(47-21-10-5-11-22-47,49-29-33-51(89-2)34-30-49)90-39-58-56(37-60(93-58)82-43-78-62-64(74-41-76-66(62)82)80-68(84)45-17-6-3-7-18-45)98-100(87,96-55-26-15-13-24-53(55)72)92-40-59-57(97-99(86,91-36-16-35-73)95-54-25-14-12-23-52(54)71)38-61(94-59)83-44-79-63-65(75-42-77-67(63)83)81-69(85)46-19-8-4-9-20-46/h3-15,17-34,41-44,56-61H,16,36-40H2,1-2H3,(H,74,76,80,84)(H,75,77,81,85)/t56-,57-,58+,59+,60+,61+,99?,100?/m0/s1. The normalized spacial score (nSPS) is 18.7. The topological polar surface area (TPSA) is 305 Å². The number of phosphoric ester groups is 2. The highest BCUT2D eigenvalue weighted by Gasteiger charge is 2.50. The first-order valence-corrected chi connectivity index (χ1v) is 34.9. The highest BCUT2D eigenvalue weighted by Crippen LogP contribution is 2.58. The van der Waals surface area contributed by atoms with E-state index in [0.29, 0.717) is 39.3 Å². The van der Waals surface area contributed by atoms with Crippen molar-refractivity contribution in [3.63, 3.8) is 0 Å². The van der Waals surface area contributed by atoms with E-state index in [-0.39, 0.29) is 81.4 Å². The zero-order valence-electron chi connectivity index (χ0n) is 53.2. The van der Waals surface area contributed by atoms with Gasteiger partial charge in [0.05, 0.1) is 69.2 Å². The number of phosphoric acid groups is 2. The van der Waals surface area contributed by atoms with Gasteiger partial charge < -0.3 is 43.4 Å². The second kappa shape index (κ2) is 30.7. The molecule has 0 spiro atoms. The molecule has 30 heteroatoms. The molecule has 4 aromatic heterocycles. The van der Waals surface area contributed by atoms with Gasteiger partial charge in [-0.3, -0.25) is 36.8 Å². The average Bonchev–Trinajstić information content (AvgIpc) is 1.78. The van der Waals surface area contributed by atoms with E-state index in [9.17, 15) is 14.9 Å². The fourth-order valence-corrected chi connectivity index (χ4v) is 14.8. The molecule has 6 heterocycles. The Labute approximate surface area is 582 Å². The number of anilines is 2. The molecule has 100 heavy (non-hydrogen) atoms. The molecule has 2 fully saturated rings. The van der Waals surface area contributed by atoms with Gasteiger partial charge in [-0.1, -0.05) is 138 Å². The molecule has 7 aromatic carbocycles. The zero-order chi connectivity index (χ0) is 69.2. The Hall–Kier alpha value is -9.97. The molecule has 8 atom stereocenters. The van der Waals surface area contributed by atoms with Crippen LogP contribution in [0.2, 0.25) is 10.0 Å². The van der Waals surface area contributed by atoms with E-state index >= 15 is 9.13 Å². The Balaban J connectivity index is 0.878. The number of fused-ring (bicyclic) bond motifs is 2. The predicted molar refractivity (Wildman–Crippen MR) is 366 cm³/mol. The number of ether oxygens (including phenoxy) is 5. The van der Waals surface area contributed by atoms with E-state index < -0.39 is 83.1 Å². The lowest BCUT2D eigenvalue weighted by Crippen LogP contribution is -2.38. The molecular formula is C70H61Cl2N11O15P2. The number of para-hydroxylation sites is 2. The molecule has 2 unspecified atom stereocenters. The summed E-state index contributed by atoms with van der Waals surface area (Å²) in [4.78, 5) is 54.1. The first kappa shape index (κ1) is 68.5. The Morgan fingerprint density at radius 3 is 1.42 bits per heavy atom. The minimum absolute atomic E-state index is 0.0283. The molecule has 2 aliphatic rings. The molecule has 2 saturated heterocycles. The Morgan fingerprint density at radius 1 is 0.550 bits per heavy atom. The molecule has 2 aliphatic heterocycles. The van der Waals surface area contributed by atoms with Gasteiger partial charge in [0.1, 0.15) is 78.1 Å². The number of imidazole rings is 2. The number of halogens is 2. The number of carbonyl (C=O) groups is 2. The minimum atomic E-state index is -5.14. The van der Waals surface area contributed by atoms with Crippen LogP contribution in [0.3, 0.4) is 0 Å². The summed E-state index contributed by atoms with van der Waals surface area (Å²) in [6.45, 7) is -1.41. The molecular weight excluding hydrogens is 1370 g/mol. The average molecular weight is 1430 g/mol. The smallest absolute Gasteiger partial charge is 0.497 e. The van der Waals surface area contributed by atoms with Crippen LogP contribution in [0, 0.1) is 11.3 Å². The zero-order valence-corrected chi connectivity index (χ0v) is 56.5. The number of aromatic nitrogens is 8. The van der Waals surface area contributed by atoms with Crippen LogP contribution in [-0.4, -0.2) is 109 Å². The van der Waals surface area contributed by atoms with Crippen LogP contribution in [0.15, 0.2) is 213 Å². The Morgan fingerprint density at radius 2 is 0.970 bits per heavy atom. The van der Waals surface area contributed by atoms with E-state index in [4.69, 9.17) is 74.0 Å². The van der Waals surface area contributed by atoms with Crippen molar-refractivity contribution in [3.05, 3.63) is 251 Å². The van der Waals surface area contributed by atoms with Crippen molar-refractivity contribution < 1.29 is 69.5 Å². The lowest BCUT2D eigenvalue weighted by atomic mass is 9.80. The third kappa shape index (κ3) is 15.1. The van der Waals surface area contributed by atoms with Crippen LogP contribution in [0.25, 0.3) is 22.3 Å². The van der Waals surface area contributed by atoms with E-state index in [1.807, 2.05) is 84.9 Å². The largest absolute Gasteiger partial charge is 0.530 e. The fraction of sp³-hybridized carbons (Fsp3) is 0.214. The van der Waals surface area contributed by atoms with Crippen LogP contribution >= 0.6 is 38.8 Å². The van der Waals surface area contributed by atoms with Gasteiger partial charge in [-0.25, -0.2) is 39.0 Å². The van der Waals surface area contributed by atoms with Crippen molar-refractivity contribution in [2.45, 2.75) is 61.7 Å². The van der Waals surface area contributed by atoms with Gasteiger partial charge in [-0.05, 0) is 89.5 Å². The van der Waals surface area contributed by atoms with E-state index in [1.165, 1.54) is 54.1 Å². The van der Waals surface area contributed by atoms with Crippen LogP contribution in [0.4, 0.5) is 11.6 Å². The summed E-state index contributed by atoms with van der Waals surface area (Å²) in [5.74, 6) is 0.308. The van der Waals surface area contributed by atoms with Crippen LogP contribution in [0.1, 0.15) is 69.1 Å². The van der Waals surface area contributed by atoms with Crippen molar-refractivity contribution >= 4 is 84.6 Å². The second-order valence-electron chi connectivity index (χ2n) is 22.5. The first-order valence-electron chi connectivity index (χ1n) is 31.2. The number of methoxy groups -OCH3 is 2. The summed E-state index contributed by atoms with van der Waals surface area (Å²) >= 11 is 13.4. The van der Waals surface area contributed by atoms with Crippen molar-refractivity contribution in [1.29, 1.82) is 5.26 Å². The lowest BCUT2D eigenvalue weighted by molar-refractivity contribution is -0.0936. The number of nitrogens with zero attached hydrogens (tertiary/aromatic N) is 9. The van der Waals surface area contributed by atoms with Gasteiger partial charge in [0.25, 0.3) is 11.8 Å². The van der Waals surface area contributed by atoms with E-state index in [1.54, 1.807) is 104 Å².